The molecule has 4 nitrogen and oxygen atoms in total. The number of nitrogens with zero attached hydrogens (tertiary/aromatic N) is 3. The van der Waals surface area contributed by atoms with Crippen molar-refractivity contribution in [3.05, 3.63) is 78.2 Å². The summed E-state index contributed by atoms with van der Waals surface area (Å²) in [7, 11) is 0. The number of hydrogen-bond acceptors (Lipinski definition) is 4. The first-order chi connectivity index (χ1) is 12.2. The fourth-order valence-corrected chi connectivity index (χ4v) is 4.12. The van der Waals surface area contributed by atoms with E-state index >= 15 is 0 Å². The minimum Gasteiger partial charge on any atom is -0.279 e. The third-order valence-corrected chi connectivity index (χ3v) is 5.39. The predicted octanol–water partition coefficient (Wildman–Crippen LogP) is 4.23. The lowest BCUT2D eigenvalue weighted by Gasteiger charge is -2.23. The van der Waals surface area contributed by atoms with Gasteiger partial charge in [-0.05, 0) is 41.8 Å². The average Bonchev–Trinajstić information content (AvgIpc) is 3.04. The highest BCUT2D eigenvalue weighted by Gasteiger charge is 2.34. The number of hydrogen-bond donors (Lipinski definition) is 0. The summed E-state index contributed by atoms with van der Waals surface area (Å²) in [5.41, 5.74) is 4.22. The third-order valence-electron chi connectivity index (χ3n) is 4.18. The van der Waals surface area contributed by atoms with Crippen LogP contribution in [0.1, 0.15) is 16.6 Å². The number of carbonyl (C=O) groups excluding carboxylic acids is 1. The quantitative estimate of drug-likeness (QED) is 0.711. The minimum atomic E-state index is -0.0373. The highest BCUT2D eigenvalue weighted by atomic mass is 32.2. The first-order valence-electron chi connectivity index (χ1n) is 8.10. The van der Waals surface area contributed by atoms with E-state index in [1.54, 1.807) is 22.9 Å². The fourth-order valence-electron chi connectivity index (χ4n) is 2.95. The van der Waals surface area contributed by atoms with Gasteiger partial charge in [-0.3, -0.25) is 14.7 Å². The Morgan fingerprint density at radius 2 is 1.88 bits per heavy atom. The summed E-state index contributed by atoms with van der Waals surface area (Å²) in [6.07, 6.45) is 3.62. The van der Waals surface area contributed by atoms with Gasteiger partial charge >= 0.3 is 0 Å². The van der Waals surface area contributed by atoms with Crippen LogP contribution < -0.4 is 4.90 Å². The Morgan fingerprint density at radius 1 is 1.04 bits per heavy atom. The van der Waals surface area contributed by atoms with E-state index in [0.29, 0.717) is 5.75 Å². The van der Waals surface area contributed by atoms with Gasteiger partial charge in [-0.1, -0.05) is 36.4 Å². The number of aromatic nitrogens is 2. The van der Waals surface area contributed by atoms with Gasteiger partial charge < -0.3 is 0 Å². The summed E-state index contributed by atoms with van der Waals surface area (Å²) in [5.74, 6) is 1.30. The van der Waals surface area contributed by atoms with E-state index in [-0.39, 0.29) is 11.3 Å². The SMILES string of the molecule is Cc1cccc(N2C(=O)CSC2c2ccc(-c3cccnc3)cc2)n1. The molecule has 1 aromatic carbocycles. The van der Waals surface area contributed by atoms with Crippen LogP contribution in [0.4, 0.5) is 5.82 Å². The van der Waals surface area contributed by atoms with E-state index in [9.17, 15) is 4.79 Å². The average molecular weight is 347 g/mol. The van der Waals surface area contributed by atoms with E-state index in [4.69, 9.17) is 0 Å². The molecule has 1 saturated heterocycles. The maximum atomic E-state index is 12.4. The van der Waals surface area contributed by atoms with Crippen LogP contribution in [0, 0.1) is 6.92 Å². The topological polar surface area (TPSA) is 46.1 Å². The molecule has 0 radical (unpaired) electrons. The van der Waals surface area contributed by atoms with E-state index in [1.165, 1.54) is 0 Å². The molecular weight excluding hydrogens is 330 g/mol. The van der Waals surface area contributed by atoms with Gasteiger partial charge in [0.1, 0.15) is 11.2 Å². The molecule has 124 valence electrons. The molecule has 1 amide bonds. The smallest absolute Gasteiger partial charge is 0.239 e. The van der Waals surface area contributed by atoms with Gasteiger partial charge in [0, 0.05) is 18.1 Å². The molecule has 1 unspecified atom stereocenters. The van der Waals surface area contributed by atoms with E-state index in [2.05, 4.69) is 34.2 Å². The lowest BCUT2D eigenvalue weighted by Crippen LogP contribution is -2.28. The largest absolute Gasteiger partial charge is 0.279 e. The van der Waals surface area contributed by atoms with Crippen molar-refractivity contribution in [1.82, 2.24) is 9.97 Å². The molecule has 2 aromatic heterocycles. The van der Waals surface area contributed by atoms with Crippen molar-refractivity contribution in [3.8, 4) is 11.1 Å². The van der Waals surface area contributed by atoms with E-state index in [1.807, 2.05) is 43.5 Å². The van der Waals surface area contributed by atoms with Crippen LogP contribution in [0.5, 0.6) is 0 Å². The summed E-state index contributed by atoms with van der Waals surface area (Å²) < 4.78 is 0. The number of benzene rings is 1. The van der Waals surface area contributed by atoms with Crippen molar-refractivity contribution in [2.45, 2.75) is 12.3 Å². The molecule has 25 heavy (non-hydrogen) atoms. The lowest BCUT2D eigenvalue weighted by atomic mass is 10.1. The second-order valence-electron chi connectivity index (χ2n) is 5.93. The zero-order valence-corrected chi connectivity index (χ0v) is 14.6. The Morgan fingerprint density at radius 3 is 2.60 bits per heavy atom. The van der Waals surface area contributed by atoms with Crippen molar-refractivity contribution in [3.63, 3.8) is 0 Å². The molecule has 0 N–H and O–H groups in total. The van der Waals surface area contributed by atoms with Crippen molar-refractivity contribution in [1.29, 1.82) is 0 Å². The summed E-state index contributed by atoms with van der Waals surface area (Å²) >= 11 is 1.64. The maximum absolute atomic E-state index is 12.4. The number of anilines is 1. The Labute approximate surface area is 150 Å². The highest BCUT2D eigenvalue weighted by molar-refractivity contribution is 8.00. The number of aryl methyl sites for hydroxylation is 1. The first-order valence-corrected chi connectivity index (χ1v) is 9.15. The summed E-state index contributed by atoms with van der Waals surface area (Å²) in [6.45, 7) is 1.94. The lowest BCUT2D eigenvalue weighted by molar-refractivity contribution is -0.115. The molecule has 3 heterocycles. The second kappa shape index (κ2) is 6.69. The van der Waals surface area contributed by atoms with Crippen LogP contribution in [-0.2, 0) is 4.79 Å². The van der Waals surface area contributed by atoms with Crippen LogP contribution in [0.25, 0.3) is 11.1 Å². The molecule has 1 atom stereocenters. The molecule has 4 rings (SSSR count). The van der Waals surface area contributed by atoms with Gasteiger partial charge in [0.15, 0.2) is 0 Å². The second-order valence-corrected chi connectivity index (χ2v) is 7.00. The van der Waals surface area contributed by atoms with E-state index in [0.717, 1.165) is 28.2 Å². The first kappa shape index (κ1) is 15.8. The summed E-state index contributed by atoms with van der Waals surface area (Å²) in [4.78, 5) is 22.9. The molecule has 1 aliphatic heterocycles. The van der Waals surface area contributed by atoms with Crippen molar-refractivity contribution < 1.29 is 4.79 Å². The van der Waals surface area contributed by atoms with Crippen LogP contribution in [-0.4, -0.2) is 21.6 Å². The Kier molecular flexibility index (Phi) is 4.24. The molecule has 3 aromatic rings. The van der Waals surface area contributed by atoms with E-state index < -0.39 is 0 Å². The fraction of sp³-hybridized carbons (Fsp3) is 0.150. The number of thioether (sulfide) groups is 1. The molecule has 0 bridgehead atoms. The Bertz CT molecular complexity index is 896. The number of rotatable bonds is 3. The van der Waals surface area contributed by atoms with Crippen molar-refractivity contribution >= 4 is 23.5 Å². The van der Waals surface area contributed by atoms with Crippen molar-refractivity contribution in [2.75, 3.05) is 10.7 Å². The molecule has 1 fully saturated rings. The summed E-state index contributed by atoms with van der Waals surface area (Å²) in [6, 6.07) is 18.1. The molecule has 5 heteroatoms. The monoisotopic (exact) mass is 347 g/mol. The van der Waals surface area contributed by atoms with Crippen LogP contribution in [0.2, 0.25) is 0 Å². The molecule has 1 aliphatic rings. The van der Waals surface area contributed by atoms with Crippen molar-refractivity contribution in [2.24, 2.45) is 0 Å². The molecule has 0 aliphatic carbocycles. The predicted molar refractivity (Wildman–Crippen MR) is 101 cm³/mol. The maximum Gasteiger partial charge on any atom is 0.239 e. The third kappa shape index (κ3) is 3.15. The van der Waals surface area contributed by atoms with Crippen LogP contribution >= 0.6 is 11.8 Å². The molecule has 0 saturated carbocycles. The van der Waals surface area contributed by atoms with Crippen LogP contribution in [0.15, 0.2) is 67.0 Å². The van der Waals surface area contributed by atoms with Gasteiger partial charge in [0.2, 0.25) is 5.91 Å². The van der Waals surface area contributed by atoms with Gasteiger partial charge in [-0.2, -0.15) is 0 Å². The highest BCUT2D eigenvalue weighted by Crippen LogP contribution is 2.41. The Hall–Kier alpha value is -2.66. The summed E-state index contributed by atoms with van der Waals surface area (Å²) in [5, 5.41) is -0.0373. The van der Waals surface area contributed by atoms with Crippen LogP contribution in [0.3, 0.4) is 0 Å². The standard InChI is InChI=1S/C20H17N3OS/c1-14-4-2-6-18(22-14)23-19(24)13-25-20(23)16-9-7-15(8-10-16)17-5-3-11-21-12-17/h2-12,20H,13H2,1H3. The molecular formula is C20H17N3OS. The van der Waals surface area contributed by atoms with Gasteiger partial charge in [-0.15, -0.1) is 11.8 Å². The van der Waals surface area contributed by atoms with Gasteiger partial charge in [0.05, 0.1) is 5.75 Å². The van der Waals surface area contributed by atoms with Gasteiger partial charge in [0.25, 0.3) is 0 Å². The zero-order chi connectivity index (χ0) is 17.2. The zero-order valence-electron chi connectivity index (χ0n) is 13.8. The number of carbonyl (C=O) groups is 1. The normalized spacial score (nSPS) is 17.1. The van der Waals surface area contributed by atoms with Gasteiger partial charge in [-0.25, -0.2) is 4.98 Å². The Balaban J connectivity index is 1.65. The molecule has 0 spiro atoms. The minimum absolute atomic E-state index is 0.0373. The number of pyridine rings is 2. The number of amides is 1.